The van der Waals surface area contributed by atoms with Crippen molar-refractivity contribution in [3.05, 3.63) is 66.7 Å². The Hall–Kier alpha value is -3.57. The lowest BCUT2D eigenvalue weighted by Gasteiger charge is -2.19. The van der Waals surface area contributed by atoms with Crippen molar-refractivity contribution in [1.29, 1.82) is 0 Å². The van der Waals surface area contributed by atoms with Gasteiger partial charge in [-0.25, -0.2) is 18.1 Å². The Morgan fingerprint density at radius 2 is 1.66 bits per heavy atom. The molecule has 2 aromatic carbocycles. The summed E-state index contributed by atoms with van der Waals surface area (Å²) in [6.45, 7) is 4.64. The zero-order chi connectivity index (χ0) is 23.3. The molecule has 0 aliphatic rings. The molecule has 32 heavy (non-hydrogen) atoms. The van der Waals surface area contributed by atoms with Crippen LogP contribution in [0.25, 0.3) is 5.69 Å². The van der Waals surface area contributed by atoms with E-state index in [1.165, 1.54) is 44.4 Å². The molecule has 3 aromatic rings. The summed E-state index contributed by atoms with van der Waals surface area (Å²) in [5.41, 5.74) is 2.16. The Kier molecular flexibility index (Phi) is 7.01. The molecule has 0 bridgehead atoms. The number of aromatic nitrogens is 3. The molecule has 0 spiro atoms. The summed E-state index contributed by atoms with van der Waals surface area (Å²) in [7, 11) is -3.92. The predicted octanol–water partition coefficient (Wildman–Crippen LogP) is 1.77. The number of nitrogens with one attached hydrogen (secondary N) is 3. The Labute approximate surface area is 186 Å². The van der Waals surface area contributed by atoms with Crippen LogP contribution in [0.15, 0.2) is 66.1 Å². The van der Waals surface area contributed by atoms with E-state index in [-0.39, 0.29) is 16.8 Å². The van der Waals surface area contributed by atoms with Gasteiger partial charge < -0.3 is 10.6 Å². The van der Waals surface area contributed by atoms with E-state index < -0.39 is 22.0 Å². The first-order chi connectivity index (χ1) is 15.2. The van der Waals surface area contributed by atoms with E-state index >= 15 is 0 Å². The number of hydrogen-bond donors (Lipinski definition) is 3. The van der Waals surface area contributed by atoms with Gasteiger partial charge in [-0.2, -0.15) is 9.82 Å². The average Bonchev–Trinajstić information content (AvgIpc) is 3.28. The summed E-state index contributed by atoms with van der Waals surface area (Å²) in [5, 5.41) is 9.43. The van der Waals surface area contributed by atoms with E-state index in [0.29, 0.717) is 5.69 Å². The third kappa shape index (κ3) is 5.77. The van der Waals surface area contributed by atoms with Crippen molar-refractivity contribution in [2.45, 2.75) is 37.8 Å². The maximum absolute atomic E-state index is 12.6. The van der Waals surface area contributed by atoms with Crippen molar-refractivity contribution in [1.82, 2.24) is 24.8 Å². The molecule has 11 heteroatoms. The fourth-order valence-electron chi connectivity index (χ4n) is 2.95. The molecule has 0 aliphatic carbocycles. The minimum absolute atomic E-state index is 0.0111. The first kappa shape index (κ1) is 23.1. The molecule has 10 nitrogen and oxygen atoms in total. The minimum atomic E-state index is -3.92. The quantitative estimate of drug-likeness (QED) is 0.473. The fourth-order valence-corrected chi connectivity index (χ4v) is 4.16. The highest BCUT2D eigenvalue weighted by molar-refractivity contribution is 7.89. The van der Waals surface area contributed by atoms with Gasteiger partial charge in [0.1, 0.15) is 12.7 Å². The number of anilines is 1. The molecule has 2 atom stereocenters. The molecular formula is C21H24N6O4S. The van der Waals surface area contributed by atoms with Gasteiger partial charge in [0, 0.05) is 12.6 Å². The second kappa shape index (κ2) is 9.71. The summed E-state index contributed by atoms with van der Waals surface area (Å²) in [5.74, 6) is -0.720. The lowest BCUT2D eigenvalue weighted by molar-refractivity contribution is -0.123. The van der Waals surface area contributed by atoms with Crippen LogP contribution in [0.4, 0.5) is 5.69 Å². The van der Waals surface area contributed by atoms with Crippen LogP contribution in [-0.2, 0) is 19.6 Å². The molecule has 2 amide bonds. The molecule has 1 heterocycles. The first-order valence-electron chi connectivity index (χ1n) is 9.81. The van der Waals surface area contributed by atoms with Gasteiger partial charge in [0.2, 0.25) is 21.8 Å². The zero-order valence-corrected chi connectivity index (χ0v) is 18.6. The van der Waals surface area contributed by atoms with Gasteiger partial charge >= 0.3 is 0 Å². The van der Waals surface area contributed by atoms with Gasteiger partial charge in [-0.1, -0.05) is 12.1 Å². The van der Waals surface area contributed by atoms with E-state index in [0.717, 1.165) is 11.3 Å². The number of nitrogens with zero attached hydrogens (tertiary/aromatic N) is 3. The standard InChI is InChI=1S/C21H24N6O4S/c1-14(17-4-8-19(9-5-17)27-13-22-12-23-27)24-21(29)15(2)26-32(30,31)20-10-6-18(7-11-20)25-16(3)28/h4-15,26H,1-3H3,(H,24,29)(H,25,28). The molecule has 0 fully saturated rings. The van der Waals surface area contributed by atoms with Crippen molar-refractivity contribution >= 4 is 27.5 Å². The normalized spacial score (nSPS) is 13.2. The highest BCUT2D eigenvalue weighted by Crippen LogP contribution is 2.17. The summed E-state index contributed by atoms with van der Waals surface area (Å²) in [4.78, 5) is 27.5. The van der Waals surface area contributed by atoms with E-state index in [4.69, 9.17) is 0 Å². The average molecular weight is 457 g/mol. The lowest BCUT2D eigenvalue weighted by atomic mass is 10.1. The minimum Gasteiger partial charge on any atom is -0.348 e. The topological polar surface area (TPSA) is 135 Å². The molecule has 2 unspecified atom stereocenters. The van der Waals surface area contributed by atoms with Gasteiger partial charge in [0.15, 0.2) is 0 Å². The van der Waals surface area contributed by atoms with Gasteiger partial charge in [0.05, 0.1) is 22.7 Å². The zero-order valence-electron chi connectivity index (χ0n) is 17.8. The Morgan fingerprint density at radius 3 is 2.22 bits per heavy atom. The maximum atomic E-state index is 12.6. The van der Waals surface area contributed by atoms with Crippen LogP contribution in [0.3, 0.4) is 0 Å². The van der Waals surface area contributed by atoms with Crippen molar-refractivity contribution in [3.63, 3.8) is 0 Å². The van der Waals surface area contributed by atoms with Crippen LogP contribution < -0.4 is 15.4 Å². The highest BCUT2D eigenvalue weighted by Gasteiger charge is 2.23. The number of carbonyl (C=O) groups excluding carboxylic acids is 2. The number of rotatable bonds is 8. The van der Waals surface area contributed by atoms with Gasteiger partial charge in [-0.15, -0.1) is 0 Å². The molecule has 0 aliphatic heterocycles. The fraction of sp³-hybridized carbons (Fsp3) is 0.238. The van der Waals surface area contributed by atoms with Gasteiger partial charge in [0.25, 0.3) is 0 Å². The molecule has 1 aromatic heterocycles. The summed E-state index contributed by atoms with van der Waals surface area (Å²) < 4.78 is 29.2. The Morgan fingerprint density at radius 1 is 1.00 bits per heavy atom. The molecule has 168 valence electrons. The summed E-state index contributed by atoms with van der Waals surface area (Å²) in [6, 6.07) is 11.8. The second-order valence-electron chi connectivity index (χ2n) is 7.21. The van der Waals surface area contributed by atoms with Crippen LogP contribution in [0.1, 0.15) is 32.4 Å². The summed E-state index contributed by atoms with van der Waals surface area (Å²) >= 11 is 0. The van der Waals surface area contributed by atoms with Gasteiger partial charge in [-0.05, 0) is 55.8 Å². The highest BCUT2D eigenvalue weighted by atomic mass is 32.2. The monoisotopic (exact) mass is 456 g/mol. The molecule has 3 rings (SSSR count). The van der Waals surface area contributed by atoms with E-state index in [1.54, 1.807) is 11.0 Å². The van der Waals surface area contributed by atoms with Crippen molar-refractivity contribution in [2.24, 2.45) is 0 Å². The number of carbonyl (C=O) groups is 2. The van der Waals surface area contributed by atoms with E-state index in [9.17, 15) is 18.0 Å². The van der Waals surface area contributed by atoms with Crippen LogP contribution >= 0.6 is 0 Å². The summed E-state index contributed by atoms with van der Waals surface area (Å²) in [6.07, 6.45) is 3.03. The molecule has 0 saturated carbocycles. The largest absolute Gasteiger partial charge is 0.348 e. The Balaban J connectivity index is 1.60. The van der Waals surface area contributed by atoms with Gasteiger partial charge in [-0.3, -0.25) is 9.59 Å². The predicted molar refractivity (Wildman–Crippen MR) is 118 cm³/mol. The molecular weight excluding hydrogens is 432 g/mol. The molecule has 3 N–H and O–H groups in total. The van der Waals surface area contributed by atoms with Crippen molar-refractivity contribution in [3.8, 4) is 5.69 Å². The number of hydrogen-bond acceptors (Lipinski definition) is 6. The smallest absolute Gasteiger partial charge is 0.241 e. The molecule has 0 saturated heterocycles. The van der Waals surface area contributed by atoms with Crippen LogP contribution in [-0.4, -0.2) is 41.0 Å². The van der Waals surface area contributed by atoms with Crippen LogP contribution in [0.5, 0.6) is 0 Å². The van der Waals surface area contributed by atoms with E-state index in [2.05, 4.69) is 25.4 Å². The Bertz CT molecular complexity index is 1180. The number of amides is 2. The maximum Gasteiger partial charge on any atom is 0.241 e. The number of benzene rings is 2. The third-order valence-corrected chi connectivity index (χ3v) is 6.20. The number of sulfonamides is 1. The second-order valence-corrected chi connectivity index (χ2v) is 8.92. The van der Waals surface area contributed by atoms with Crippen LogP contribution in [0, 0.1) is 0 Å². The van der Waals surface area contributed by atoms with E-state index in [1.807, 2.05) is 31.2 Å². The first-order valence-corrected chi connectivity index (χ1v) is 11.3. The van der Waals surface area contributed by atoms with Crippen molar-refractivity contribution in [2.75, 3.05) is 5.32 Å². The lowest BCUT2D eigenvalue weighted by Crippen LogP contribution is -2.45. The third-order valence-electron chi connectivity index (χ3n) is 4.65. The SMILES string of the molecule is CC(=O)Nc1ccc(S(=O)(=O)NC(C)C(=O)NC(C)c2ccc(-n3cncn3)cc2)cc1. The molecule has 0 radical (unpaired) electrons. The van der Waals surface area contributed by atoms with Crippen molar-refractivity contribution < 1.29 is 18.0 Å². The van der Waals surface area contributed by atoms with Crippen LogP contribution in [0.2, 0.25) is 0 Å².